The third-order valence-corrected chi connectivity index (χ3v) is 6.41. The average Bonchev–Trinajstić information content (AvgIpc) is 3.35. The molecule has 6 heteroatoms. The largest absolute Gasteiger partial charge is 0.497 e. The Labute approximate surface area is 186 Å². The van der Waals surface area contributed by atoms with Crippen molar-refractivity contribution in [3.8, 4) is 17.2 Å². The second-order valence-corrected chi connectivity index (χ2v) is 8.19. The quantitative estimate of drug-likeness (QED) is 0.514. The first kappa shape index (κ1) is 21.0. The standard InChI is InChI=1S/C25H25NO4S/c1-28-19-7-4-6-17(14-19)9-10-24(27)26-12-11-18-15-21(29-2)22(30-3)16-20(18)25(26)23-8-5-13-31-23/h4-10,13-16,25H,11-12H2,1-3H3. The van der Waals surface area contributed by atoms with Crippen LogP contribution in [0.15, 0.2) is 60.0 Å². The summed E-state index contributed by atoms with van der Waals surface area (Å²) in [5.41, 5.74) is 3.18. The topological polar surface area (TPSA) is 48.0 Å². The molecule has 31 heavy (non-hydrogen) atoms. The smallest absolute Gasteiger partial charge is 0.247 e. The fraction of sp³-hybridized carbons (Fsp3) is 0.240. The summed E-state index contributed by atoms with van der Waals surface area (Å²) in [6, 6.07) is 15.6. The summed E-state index contributed by atoms with van der Waals surface area (Å²) in [5.74, 6) is 2.12. The van der Waals surface area contributed by atoms with E-state index >= 15 is 0 Å². The number of benzene rings is 2. The Hall–Kier alpha value is -3.25. The monoisotopic (exact) mass is 435 g/mol. The van der Waals surface area contributed by atoms with E-state index in [1.807, 2.05) is 58.8 Å². The van der Waals surface area contributed by atoms with Crippen LogP contribution in [-0.2, 0) is 11.2 Å². The molecule has 1 aromatic heterocycles. The number of hydrogen-bond acceptors (Lipinski definition) is 5. The van der Waals surface area contributed by atoms with Crippen LogP contribution in [0.2, 0.25) is 0 Å². The van der Waals surface area contributed by atoms with Gasteiger partial charge >= 0.3 is 0 Å². The number of rotatable bonds is 6. The summed E-state index contributed by atoms with van der Waals surface area (Å²) >= 11 is 1.65. The third kappa shape index (κ3) is 4.30. The predicted molar refractivity (Wildman–Crippen MR) is 123 cm³/mol. The normalized spacial score (nSPS) is 15.6. The van der Waals surface area contributed by atoms with Crippen molar-refractivity contribution >= 4 is 23.3 Å². The molecule has 1 atom stereocenters. The van der Waals surface area contributed by atoms with Crippen LogP contribution in [0.1, 0.15) is 27.6 Å². The van der Waals surface area contributed by atoms with Crippen LogP contribution in [-0.4, -0.2) is 38.7 Å². The fourth-order valence-electron chi connectivity index (χ4n) is 3.95. The van der Waals surface area contributed by atoms with Gasteiger partial charge in [-0.15, -0.1) is 11.3 Å². The highest BCUT2D eigenvalue weighted by molar-refractivity contribution is 7.10. The molecule has 2 heterocycles. The Kier molecular flexibility index (Phi) is 6.28. The molecule has 0 fully saturated rings. The molecule has 1 amide bonds. The number of amides is 1. The van der Waals surface area contributed by atoms with Crippen molar-refractivity contribution in [1.82, 2.24) is 4.90 Å². The molecule has 3 aromatic rings. The molecule has 0 saturated carbocycles. The fourth-order valence-corrected chi connectivity index (χ4v) is 4.80. The summed E-state index contributed by atoms with van der Waals surface area (Å²) < 4.78 is 16.3. The van der Waals surface area contributed by atoms with Gasteiger partial charge in [-0.05, 0) is 64.9 Å². The highest BCUT2D eigenvalue weighted by Crippen LogP contribution is 2.42. The highest BCUT2D eigenvalue weighted by Gasteiger charge is 2.33. The molecule has 2 aromatic carbocycles. The lowest BCUT2D eigenvalue weighted by Crippen LogP contribution is -2.39. The molecule has 1 aliphatic rings. The number of methoxy groups -OCH3 is 3. The van der Waals surface area contributed by atoms with Crippen LogP contribution in [0.3, 0.4) is 0 Å². The molecule has 0 aliphatic carbocycles. The molecular weight excluding hydrogens is 410 g/mol. The van der Waals surface area contributed by atoms with Crippen molar-refractivity contribution in [2.24, 2.45) is 0 Å². The first-order chi connectivity index (χ1) is 15.1. The molecule has 4 rings (SSSR count). The number of fused-ring (bicyclic) bond motifs is 1. The van der Waals surface area contributed by atoms with E-state index in [9.17, 15) is 4.79 Å². The van der Waals surface area contributed by atoms with Gasteiger partial charge in [0, 0.05) is 17.5 Å². The van der Waals surface area contributed by atoms with Gasteiger partial charge in [0.1, 0.15) is 5.75 Å². The zero-order valence-corrected chi connectivity index (χ0v) is 18.6. The zero-order valence-electron chi connectivity index (χ0n) is 17.8. The number of carbonyl (C=O) groups excluding carboxylic acids is 1. The van der Waals surface area contributed by atoms with Gasteiger partial charge in [-0.3, -0.25) is 4.79 Å². The van der Waals surface area contributed by atoms with E-state index < -0.39 is 0 Å². The summed E-state index contributed by atoms with van der Waals surface area (Å²) in [6.45, 7) is 0.631. The van der Waals surface area contributed by atoms with E-state index in [0.717, 1.165) is 28.2 Å². The maximum atomic E-state index is 13.3. The van der Waals surface area contributed by atoms with Crippen LogP contribution in [0.5, 0.6) is 17.2 Å². The molecule has 5 nitrogen and oxygen atoms in total. The van der Waals surface area contributed by atoms with Crippen molar-refractivity contribution in [3.05, 3.63) is 81.6 Å². The van der Waals surface area contributed by atoms with Crippen LogP contribution in [0, 0.1) is 0 Å². The maximum absolute atomic E-state index is 13.3. The van der Waals surface area contributed by atoms with Crippen LogP contribution >= 0.6 is 11.3 Å². The average molecular weight is 436 g/mol. The summed E-state index contributed by atoms with van der Waals surface area (Å²) in [4.78, 5) is 16.3. The lowest BCUT2D eigenvalue weighted by atomic mass is 9.90. The molecule has 0 bridgehead atoms. The van der Waals surface area contributed by atoms with E-state index in [2.05, 4.69) is 6.07 Å². The zero-order chi connectivity index (χ0) is 21.8. The van der Waals surface area contributed by atoms with Crippen LogP contribution in [0.4, 0.5) is 0 Å². The Bertz CT molecular complexity index is 1090. The lowest BCUT2D eigenvalue weighted by Gasteiger charge is -2.37. The minimum Gasteiger partial charge on any atom is -0.497 e. The number of hydrogen-bond donors (Lipinski definition) is 0. The van der Waals surface area contributed by atoms with E-state index in [0.29, 0.717) is 18.0 Å². The lowest BCUT2D eigenvalue weighted by molar-refractivity contribution is -0.127. The van der Waals surface area contributed by atoms with Crippen molar-refractivity contribution < 1.29 is 19.0 Å². The molecule has 1 aliphatic heterocycles. The Balaban J connectivity index is 1.69. The van der Waals surface area contributed by atoms with Crippen molar-refractivity contribution in [2.45, 2.75) is 12.5 Å². The number of ether oxygens (including phenoxy) is 3. The Morgan fingerprint density at radius 1 is 1.03 bits per heavy atom. The number of thiophene rings is 1. The van der Waals surface area contributed by atoms with Gasteiger partial charge in [-0.2, -0.15) is 0 Å². The molecular formula is C25H25NO4S. The molecule has 1 unspecified atom stereocenters. The SMILES string of the molecule is COc1cccc(C=CC(=O)N2CCc3cc(OC)c(OC)cc3C2c2cccs2)c1. The van der Waals surface area contributed by atoms with Crippen molar-refractivity contribution in [2.75, 3.05) is 27.9 Å². The molecule has 0 radical (unpaired) electrons. The summed E-state index contributed by atoms with van der Waals surface area (Å²) in [7, 11) is 4.91. The molecule has 0 spiro atoms. The van der Waals surface area contributed by atoms with E-state index in [1.54, 1.807) is 38.7 Å². The van der Waals surface area contributed by atoms with Gasteiger partial charge in [-0.25, -0.2) is 0 Å². The maximum Gasteiger partial charge on any atom is 0.247 e. The predicted octanol–water partition coefficient (Wildman–Crippen LogP) is 4.96. The van der Waals surface area contributed by atoms with E-state index in [4.69, 9.17) is 14.2 Å². The van der Waals surface area contributed by atoms with Gasteiger partial charge in [-0.1, -0.05) is 18.2 Å². The van der Waals surface area contributed by atoms with Crippen LogP contribution in [0.25, 0.3) is 6.08 Å². The van der Waals surface area contributed by atoms with Crippen molar-refractivity contribution in [3.63, 3.8) is 0 Å². The minimum absolute atomic E-state index is 0.0262. The van der Waals surface area contributed by atoms with Gasteiger partial charge in [0.05, 0.1) is 27.4 Å². The Morgan fingerprint density at radius 2 is 1.84 bits per heavy atom. The Morgan fingerprint density at radius 3 is 2.55 bits per heavy atom. The van der Waals surface area contributed by atoms with Crippen LogP contribution < -0.4 is 14.2 Å². The minimum atomic E-state index is -0.161. The summed E-state index contributed by atoms with van der Waals surface area (Å²) in [6.07, 6.45) is 4.23. The van der Waals surface area contributed by atoms with Gasteiger partial charge in [0.15, 0.2) is 11.5 Å². The third-order valence-electron chi connectivity index (χ3n) is 5.48. The molecule has 0 saturated heterocycles. The van der Waals surface area contributed by atoms with Crippen molar-refractivity contribution in [1.29, 1.82) is 0 Å². The number of carbonyl (C=O) groups is 1. The molecule has 160 valence electrons. The second kappa shape index (κ2) is 9.27. The first-order valence-corrected chi connectivity index (χ1v) is 10.9. The van der Waals surface area contributed by atoms with E-state index in [-0.39, 0.29) is 11.9 Å². The first-order valence-electron chi connectivity index (χ1n) is 10.1. The number of nitrogens with zero attached hydrogens (tertiary/aromatic N) is 1. The van der Waals surface area contributed by atoms with Gasteiger partial charge in [0.2, 0.25) is 5.91 Å². The van der Waals surface area contributed by atoms with Gasteiger partial charge in [0.25, 0.3) is 0 Å². The van der Waals surface area contributed by atoms with Gasteiger partial charge < -0.3 is 19.1 Å². The second-order valence-electron chi connectivity index (χ2n) is 7.22. The summed E-state index contributed by atoms with van der Waals surface area (Å²) in [5, 5.41) is 2.04. The highest BCUT2D eigenvalue weighted by atomic mass is 32.1. The molecule has 0 N–H and O–H groups in total. The van der Waals surface area contributed by atoms with E-state index in [1.165, 1.54) is 5.56 Å².